The summed E-state index contributed by atoms with van der Waals surface area (Å²) in [5.41, 5.74) is 1.70. The van der Waals surface area contributed by atoms with E-state index in [9.17, 15) is 9.59 Å². The number of carbonyl (C=O) groups excluding carboxylic acids is 2. The molecule has 0 bridgehead atoms. The number of rotatable bonds is 3. The molecule has 0 fully saturated rings. The second kappa shape index (κ2) is 6.92. The number of halogens is 1. The third-order valence-corrected chi connectivity index (χ3v) is 5.50. The van der Waals surface area contributed by atoms with Crippen molar-refractivity contribution < 1.29 is 18.7 Å². The maximum Gasteiger partial charge on any atom is 0.287 e. The van der Waals surface area contributed by atoms with E-state index in [1.54, 1.807) is 31.2 Å². The number of benzene rings is 2. The largest absolute Gasteiger partial charge is 0.482 e. The Hall–Kier alpha value is -2.79. The zero-order chi connectivity index (χ0) is 20.9. The summed E-state index contributed by atoms with van der Waals surface area (Å²) in [6.45, 7) is 7.45. The maximum absolute atomic E-state index is 13.2. The molecular weight excluding hydrogens is 390 g/mol. The van der Waals surface area contributed by atoms with E-state index in [2.05, 4.69) is 5.32 Å². The molecule has 1 atom stereocenters. The molecule has 29 heavy (non-hydrogen) atoms. The van der Waals surface area contributed by atoms with Gasteiger partial charge in [0.1, 0.15) is 16.9 Å². The van der Waals surface area contributed by atoms with Crippen LogP contribution < -0.4 is 10.1 Å². The van der Waals surface area contributed by atoms with E-state index >= 15 is 0 Å². The van der Waals surface area contributed by atoms with Gasteiger partial charge in [0.15, 0.2) is 11.5 Å². The molecule has 0 radical (unpaired) electrons. The number of Topliss-reactive ketones (excluding diaryl/α,β-unsaturated/α-hetero) is 1. The summed E-state index contributed by atoms with van der Waals surface area (Å²) in [6.07, 6.45) is 0.179. The maximum atomic E-state index is 13.2. The smallest absolute Gasteiger partial charge is 0.287 e. The van der Waals surface area contributed by atoms with Gasteiger partial charge < -0.3 is 14.5 Å². The highest BCUT2D eigenvalue weighted by molar-refractivity contribution is 6.30. The van der Waals surface area contributed by atoms with Gasteiger partial charge in [-0.15, -0.1) is 0 Å². The Morgan fingerprint density at radius 1 is 1.17 bits per heavy atom. The summed E-state index contributed by atoms with van der Waals surface area (Å²) in [5.74, 6) is 0.374. The lowest BCUT2D eigenvalue weighted by Gasteiger charge is -2.35. The zero-order valence-corrected chi connectivity index (χ0v) is 17.5. The number of amides is 1. The quantitative estimate of drug-likeness (QED) is 0.625. The van der Waals surface area contributed by atoms with E-state index in [1.807, 2.05) is 32.9 Å². The third kappa shape index (κ3) is 3.29. The Kier molecular flexibility index (Phi) is 4.66. The molecule has 2 aromatic carbocycles. The summed E-state index contributed by atoms with van der Waals surface area (Å²) < 4.78 is 12.1. The van der Waals surface area contributed by atoms with Crippen LogP contribution in [0.15, 0.2) is 40.8 Å². The highest BCUT2D eigenvalue weighted by Crippen LogP contribution is 2.44. The van der Waals surface area contributed by atoms with Gasteiger partial charge in [-0.2, -0.15) is 0 Å². The van der Waals surface area contributed by atoms with Crippen LogP contribution in [0.2, 0.25) is 5.02 Å². The molecule has 1 aliphatic heterocycles. The first-order chi connectivity index (χ1) is 13.7. The first-order valence-corrected chi connectivity index (χ1v) is 9.92. The van der Waals surface area contributed by atoms with Crippen molar-refractivity contribution in [3.8, 4) is 5.75 Å². The van der Waals surface area contributed by atoms with Crippen molar-refractivity contribution in [2.75, 3.05) is 0 Å². The van der Waals surface area contributed by atoms with Crippen LogP contribution in [0, 0.1) is 6.92 Å². The van der Waals surface area contributed by atoms with Gasteiger partial charge in [0.2, 0.25) is 0 Å². The summed E-state index contributed by atoms with van der Waals surface area (Å²) in [4.78, 5) is 25.7. The van der Waals surface area contributed by atoms with Gasteiger partial charge in [-0.05, 0) is 57.5 Å². The van der Waals surface area contributed by atoms with Crippen molar-refractivity contribution in [3.63, 3.8) is 0 Å². The average Bonchev–Trinajstić information content (AvgIpc) is 2.98. The van der Waals surface area contributed by atoms with Crippen LogP contribution >= 0.6 is 11.6 Å². The number of aryl methyl sites for hydroxylation is 1. The van der Waals surface area contributed by atoms with Gasteiger partial charge >= 0.3 is 0 Å². The summed E-state index contributed by atoms with van der Waals surface area (Å²) >= 11 is 6.00. The first kappa shape index (κ1) is 19.5. The second-order valence-corrected chi connectivity index (χ2v) is 8.37. The van der Waals surface area contributed by atoms with Crippen LogP contribution in [-0.4, -0.2) is 17.7 Å². The Labute approximate surface area is 174 Å². The van der Waals surface area contributed by atoms with E-state index in [0.29, 0.717) is 32.9 Å². The number of hydrogen-bond acceptors (Lipinski definition) is 4. The molecule has 0 saturated heterocycles. The molecule has 0 aliphatic carbocycles. The highest BCUT2D eigenvalue weighted by atomic mass is 35.5. The zero-order valence-electron chi connectivity index (χ0n) is 16.8. The number of ether oxygens (including phenoxy) is 1. The fourth-order valence-corrected chi connectivity index (χ4v) is 3.99. The molecule has 5 nitrogen and oxygen atoms in total. The van der Waals surface area contributed by atoms with E-state index in [0.717, 1.165) is 5.56 Å². The minimum atomic E-state index is -0.794. The number of ketones is 1. The molecule has 1 aliphatic rings. The number of furan rings is 1. The van der Waals surface area contributed by atoms with E-state index in [4.69, 9.17) is 20.8 Å². The van der Waals surface area contributed by atoms with Gasteiger partial charge in [-0.3, -0.25) is 9.59 Å². The molecule has 2 heterocycles. The molecule has 4 rings (SSSR count). The SMILES string of the molecule is Cc1c(C(=O)NC(C)C)oc2ccc3c(c12)C(=O)C[C@@](C)(c1ccc(Cl)cc1)O3. The Balaban J connectivity index is 1.81. The first-order valence-electron chi connectivity index (χ1n) is 9.55. The Bertz CT molecular complexity index is 1130. The minimum Gasteiger partial charge on any atom is -0.482 e. The predicted molar refractivity (Wildman–Crippen MR) is 112 cm³/mol. The standard InChI is InChI=1S/C23H22ClNO4/c1-12(2)25-22(27)21-13(3)19-17(28-21)9-10-18-20(19)16(26)11-23(4,29-18)14-5-7-15(24)8-6-14/h5-10,12H,11H2,1-4H3,(H,25,27)/t23-/m0/s1. The number of hydrogen-bond donors (Lipinski definition) is 1. The average molecular weight is 412 g/mol. The van der Waals surface area contributed by atoms with Crippen LogP contribution in [0.1, 0.15) is 59.2 Å². The number of nitrogens with one attached hydrogen (secondary N) is 1. The van der Waals surface area contributed by atoms with Crippen LogP contribution in [0.25, 0.3) is 11.0 Å². The van der Waals surface area contributed by atoms with Crippen molar-refractivity contribution in [2.24, 2.45) is 0 Å². The van der Waals surface area contributed by atoms with E-state index in [1.165, 1.54) is 0 Å². The number of fused-ring (bicyclic) bond motifs is 3. The molecule has 0 saturated carbocycles. The van der Waals surface area contributed by atoms with E-state index < -0.39 is 5.60 Å². The normalized spacial score (nSPS) is 18.6. The van der Waals surface area contributed by atoms with Gasteiger partial charge in [0.25, 0.3) is 5.91 Å². The van der Waals surface area contributed by atoms with Gasteiger partial charge in [0, 0.05) is 22.0 Å². The van der Waals surface area contributed by atoms with Crippen molar-refractivity contribution in [3.05, 3.63) is 63.9 Å². The summed E-state index contributed by atoms with van der Waals surface area (Å²) in [7, 11) is 0. The lowest BCUT2D eigenvalue weighted by Crippen LogP contribution is -2.36. The van der Waals surface area contributed by atoms with Gasteiger partial charge in [-0.1, -0.05) is 23.7 Å². The highest BCUT2D eigenvalue weighted by Gasteiger charge is 2.40. The minimum absolute atomic E-state index is 0.0194. The second-order valence-electron chi connectivity index (χ2n) is 7.94. The van der Waals surface area contributed by atoms with Gasteiger partial charge in [-0.25, -0.2) is 0 Å². The van der Waals surface area contributed by atoms with E-state index in [-0.39, 0.29) is 29.9 Å². The van der Waals surface area contributed by atoms with Crippen LogP contribution in [0.5, 0.6) is 5.75 Å². The molecule has 0 unspecified atom stereocenters. The predicted octanol–water partition coefficient (Wildman–Crippen LogP) is 5.41. The Morgan fingerprint density at radius 3 is 2.52 bits per heavy atom. The molecule has 3 aromatic rings. The van der Waals surface area contributed by atoms with Crippen molar-refractivity contribution in [2.45, 2.75) is 45.8 Å². The number of carbonyl (C=O) groups is 2. The molecule has 150 valence electrons. The topological polar surface area (TPSA) is 68.5 Å². The monoisotopic (exact) mass is 411 g/mol. The molecule has 1 N–H and O–H groups in total. The molecule has 0 spiro atoms. The summed E-state index contributed by atoms with van der Waals surface area (Å²) in [6, 6.07) is 10.8. The lowest BCUT2D eigenvalue weighted by atomic mass is 9.84. The molecule has 1 aromatic heterocycles. The van der Waals surface area contributed by atoms with Crippen molar-refractivity contribution in [1.29, 1.82) is 0 Å². The van der Waals surface area contributed by atoms with Crippen LogP contribution in [-0.2, 0) is 5.60 Å². The summed E-state index contributed by atoms with van der Waals surface area (Å²) in [5, 5.41) is 4.10. The van der Waals surface area contributed by atoms with Crippen molar-refractivity contribution in [1.82, 2.24) is 5.32 Å². The fraction of sp³-hybridized carbons (Fsp3) is 0.304. The fourth-order valence-electron chi connectivity index (χ4n) is 3.87. The molecule has 1 amide bonds. The van der Waals surface area contributed by atoms with Crippen LogP contribution in [0.3, 0.4) is 0 Å². The van der Waals surface area contributed by atoms with Crippen LogP contribution in [0.4, 0.5) is 0 Å². The molecular formula is C23H22ClNO4. The van der Waals surface area contributed by atoms with Crippen molar-refractivity contribution >= 4 is 34.3 Å². The Morgan fingerprint density at radius 2 is 1.86 bits per heavy atom. The third-order valence-electron chi connectivity index (χ3n) is 5.25. The van der Waals surface area contributed by atoms with Gasteiger partial charge in [0.05, 0.1) is 12.0 Å². The molecule has 6 heteroatoms. The lowest BCUT2D eigenvalue weighted by molar-refractivity contribution is 0.0507.